The van der Waals surface area contributed by atoms with Gasteiger partial charge >= 0.3 is 0 Å². The number of pyridine rings is 1. The molecule has 4 aromatic rings. The number of methoxy groups -OCH3 is 1. The van der Waals surface area contributed by atoms with E-state index in [1.54, 1.807) is 31.4 Å². The van der Waals surface area contributed by atoms with Gasteiger partial charge in [0.1, 0.15) is 11.6 Å². The van der Waals surface area contributed by atoms with Crippen LogP contribution in [0.15, 0.2) is 47.3 Å². The van der Waals surface area contributed by atoms with E-state index in [0.717, 1.165) is 27.7 Å². The summed E-state index contributed by atoms with van der Waals surface area (Å²) in [5, 5.41) is 1.49. The van der Waals surface area contributed by atoms with Crippen LogP contribution in [-0.4, -0.2) is 22.1 Å². The number of ether oxygens (including phenoxy) is 1. The van der Waals surface area contributed by atoms with Crippen molar-refractivity contribution in [3.8, 4) is 17.1 Å². The topological polar surface area (TPSA) is 70.8 Å². The minimum Gasteiger partial charge on any atom is -0.497 e. The summed E-state index contributed by atoms with van der Waals surface area (Å²) in [7, 11) is 1.61. The van der Waals surface area contributed by atoms with Gasteiger partial charge in [0.2, 0.25) is 0 Å². The number of benzene rings is 2. The highest BCUT2D eigenvalue weighted by molar-refractivity contribution is 6.31. The van der Waals surface area contributed by atoms with Gasteiger partial charge in [-0.25, -0.2) is 4.98 Å². The largest absolute Gasteiger partial charge is 0.497 e. The summed E-state index contributed by atoms with van der Waals surface area (Å²) >= 11 is 5.99. The third-order valence-corrected chi connectivity index (χ3v) is 3.99. The molecule has 2 aromatic carbocycles. The highest BCUT2D eigenvalue weighted by Gasteiger charge is 2.11. The fraction of sp³-hybridized carbons (Fsp3) is 0.0588. The maximum absolute atomic E-state index is 12.4. The van der Waals surface area contributed by atoms with Crippen molar-refractivity contribution in [2.45, 2.75) is 0 Å². The van der Waals surface area contributed by atoms with E-state index in [2.05, 4.69) is 15.0 Å². The number of nitrogens with zero attached hydrogens (tertiary/aromatic N) is 1. The fourth-order valence-corrected chi connectivity index (χ4v) is 2.77. The Balaban J connectivity index is 1.95. The summed E-state index contributed by atoms with van der Waals surface area (Å²) < 4.78 is 5.23. The average Bonchev–Trinajstić information content (AvgIpc) is 2.96. The van der Waals surface area contributed by atoms with E-state index in [-0.39, 0.29) is 5.56 Å². The second-order valence-corrected chi connectivity index (χ2v) is 5.65. The molecule has 23 heavy (non-hydrogen) atoms. The molecule has 0 atom stereocenters. The molecule has 0 fully saturated rings. The first kappa shape index (κ1) is 13.8. The SMILES string of the molecule is COc1ccc2[nH]c(=O)c(-c3nc4ccc(Cl)cc4[nH]3)cc2c1. The molecular weight excluding hydrogens is 314 g/mol. The lowest BCUT2D eigenvalue weighted by molar-refractivity contribution is 0.415. The summed E-state index contributed by atoms with van der Waals surface area (Å²) in [5.74, 6) is 1.24. The number of rotatable bonds is 2. The van der Waals surface area contributed by atoms with Crippen LogP contribution in [0.1, 0.15) is 0 Å². The van der Waals surface area contributed by atoms with Crippen molar-refractivity contribution in [2.75, 3.05) is 7.11 Å². The Kier molecular flexibility index (Phi) is 3.09. The van der Waals surface area contributed by atoms with Crippen molar-refractivity contribution >= 4 is 33.5 Å². The summed E-state index contributed by atoms with van der Waals surface area (Å²) in [5.41, 5.74) is 2.57. The van der Waals surface area contributed by atoms with Crippen LogP contribution in [-0.2, 0) is 0 Å². The first-order valence-electron chi connectivity index (χ1n) is 7.01. The molecule has 6 heteroatoms. The van der Waals surface area contributed by atoms with Crippen LogP contribution in [0.3, 0.4) is 0 Å². The molecule has 0 radical (unpaired) electrons. The molecule has 0 aliphatic rings. The monoisotopic (exact) mass is 325 g/mol. The molecule has 2 heterocycles. The van der Waals surface area contributed by atoms with E-state index < -0.39 is 0 Å². The van der Waals surface area contributed by atoms with Crippen LogP contribution < -0.4 is 10.3 Å². The number of hydrogen-bond acceptors (Lipinski definition) is 3. The van der Waals surface area contributed by atoms with Gasteiger partial charge in [-0.15, -0.1) is 0 Å². The van der Waals surface area contributed by atoms with E-state index in [4.69, 9.17) is 16.3 Å². The standard InChI is InChI=1S/C17H12ClN3O2/c1-23-11-3-5-13-9(6-11)7-12(17(22)21-13)16-19-14-4-2-10(18)8-15(14)20-16/h2-8H,1H3,(H,19,20)(H,21,22). The molecule has 4 rings (SSSR count). The molecule has 2 N–H and O–H groups in total. The molecule has 0 unspecified atom stereocenters. The van der Waals surface area contributed by atoms with Crippen molar-refractivity contribution in [3.63, 3.8) is 0 Å². The van der Waals surface area contributed by atoms with E-state index in [0.29, 0.717) is 16.4 Å². The van der Waals surface area contributed by atoms with E-state index >= 15 is 0 Å². The van der Waals surface area contributed by atoms with Gasteiger partial charge in [0.15, 0.2) is 0 Å². The van der Waals surface area contributed by atoms with Crippen molar-refractivity contribution < 1.29 is 4.74 Å². The lowest BCUT2D eigenvalue weighted by Crippen LogP contribution is -2.09. The fourth-order valence-electron chi connectivity index (χ4n) is 2.60. The van der Waals surface area contributed by atoms with Gasteiger partial charge in [0.25, 0.3) is 5.56 Å². The zero-order valence-corrected chi connectivity index (χ0v) is 12.9. The molecule has 0 amide bonds. The normalized spacial score (nSPS) is 11.2. The van der Waals surface area contributed by atoms with Crippen molar-refractivity contribution in [3.05, 3.63) is 57.8 Å². The third kappa shape index (κ3) is 2.35. The summed E-state index contributed by atoms with van der Waals surface area (Å²) in [6, 6.07) is 12.7. The highest BCUT2D eigenvalue weighted by Crippen LogP contribution is 2.24. The molecule has 2 aromatic heterocycles. The first-order chi connectivity index (χ1) is 11.1. The van der Waals surface area contributed by atoms with Crippen molar-refractivity contribution in [2.24, 2.45) is 0 Å². The number of aromatic amines is 2. The smallest absolute Gasteiger partial charge is 0.259 e. The van der Waals surface area contributed by atoms with Crippen LogP contribution in [0.5, 0.6) is 5.75 Å². The molecule has 0 spiro atoms. The quantitative estimate of drug-likeness (QED) is 0.590. The van der Waals surface area contributed by atoms with Crippen LogP contribution in [0.2, 0.25) is 5.02 Å². The van der Waals surface area contributed by atoms with E-state index in [1.807, 2.05) is 18.2 Å². The third-order valence-electron chi connectivity index (χ3n) is 3.75. The molecule has 0 saturated carbocycles. The van der Waals surface area contributed by atoms with Crippen LogP contribution in [0.4, 0.5) is 0 Å². The van der Waals surface area contributed by atoms with Gasteiger partial charge in [0.05, 0.1) is 23.7 Å². The Morgan fingerprint density at radius 2 is 1.91 bits per heavy atom. The molecular formula is C17H12ClN3O2. The summed E-state index contributed by atoms with van der Waals surface area (Å²) in [6.07, 6.45) is 0. The predicted molar refractivity (Wildman–Crippen MR) is 91.2 cm³/mol. The number of H-pyrrole nitrogens is 2. The lowest BCUT2D eigenvalue weighted by atomic mass is 10.1. The Bertz CT molecular complexity index is 1100. The summed E-state index contributed by atoms with van der Waals surface area (Å²) in [6.45, 7) is 0. The molecule has 114 valence electrons. The maximum atomic E-state index is 12.4. The van der Waals surface area contributed by atoms with Gasteiger partial charge in [-0.05, 0) is 42.5 Å². The summed E-state index contributed by atoms with van der Waals surface area (Å²) in [4.78, 5) is 22.8. The number of aromatic nitrogens is 3. The second-order valence-electron chi connectivity index (χ2n) is 5.21. The van der Waals surface area contributed by atoms with Gasteiger partial charge in [-0.2, -0.15) is 0 Å². The number of nitrogens with one attached hydrogen (secondary N) is 2. The number of imidazole rings is 1. The second kappa shape index (κ2) is 5.14. The molecule has 5 nitrogen and oxygen atoms in total. The maximum Gasteiger partial charge on any atom is 0.259 e. The number of halogens is 1. The van der Waals surface area contributed by atoms with Crippen LogP contribution in [0.25, 0.3) is 33.3 Å². The van der Waals surface area contributed by atoms with E-state index in [1.165, 1.54) is 0 Å². The first-order valence-corrected chi connectivity index (χ1v) is 7.38. The van der Waals surface area contributed by atoms with Gasteiger partial charge in [-0.3, -0.25) is 4.79 Å². The van der Waals surface area contributed by atoms with Gasteiger partial charge < -0.3 is 14.7 Å². The number of hydrogen-bond donors (Lipinski definition) is 2. The van der Waals surface area contributed by atoms with E-state index in [9.17, 15) is 4.79 Å². The lowest BCUT2D eigenvalue weighted by Gasteiger charge is -2.04. The van der Waals surface area contributed by atoms with Crippen molar-refractivity contribution in [1.82, 2.24) is 15.0 Å². The Labute approximate surface area is 135 Å². The Morgan fingerprint density at radius 1 is 1.04 bits per heavy atom. The Morgan fingerprint density at radius 3 is 2.74 bits per heavy atom. The molecule has 0 aliphatic heterocycles. The Hall–Kier alpha value is -2.79. The molecule has 0 saturated heterocycles. The minimum absolute atomic E-state index is 0.201. The van der Waals surface area contributed by atoms with Crippen LogP contribution in [0, 0.1) is 0 Å². The van der Waals surface area contributed by atoms with Gasteiger partial charge in [0, 0.05) is 15.9 Å². The highest BCUT2D eigenvalue weighted by atomic mass is 35.5. The zero-order chi connectivity index (χ0) is 16.0. The predicted octanol–water partition coefficient (Wildman–Crippen LogP) is 3.73. The molecule has 0 bridgehead atoms. The van der Waals surface area contributed by atoms with Gasteiger partial charge in [-0.1, -0.05) is 11.6 Å². The molecule has 0 aliphatic carbocycles. The van der Waals surface area contributed by atoms with Crippen molar-refractivity contribution in [1.29, 1.82) is 0 Å². The zero-order valence-electron chi connectivity index (χ0n) is 12.2. The van der Waals surface area contributed by atoms with Crippen LogP contribution >= 0.6 is 11.6 Å². The average molecular weight is 326 g/mol. The number of fused-ring (bicyclic) bond motifs is 2. The minimum atomic E-state index is -0.201.